The van der Waals surface area contributed by atoms with E-state index in [2.05, 4.69) is 25.1 Å². The number of benzene rings is 4. The zero-order valence-corrected chi connectivity index (χ0v) is 31.1. The topological polar surface area (TPSA) is 168 Å². The number of esters is 1. The number of azide groups is 1. The number of alkyl halides is 2. The third-order valence-corrected chi connectivity index (χ3v) is 9.73. The molecule has 0 aliphatic carbocycles. The molecule has 4 atom stereocenters. The van der Waals surface area contributed by atoms with E-state index in [0.717, 1.165) is 29.4 Å². The van der Waals surface area contributed by atoms with E-state index in [9.17, 15) is 10.3 Å². The predicted octanol–water partition coefficient (Wildman–Crippen LogP) is 7.96. The van der Waals surface area contributed by atoms with Crippen LogP contribution in [-0.2, 0) is 31.2 Å². The summed E-state index contributed by atoms with van der Waals surface area (Å²) in [6.45, 7) is 1.84. The monoisotopic (exact) mass is 776 g/mol. The van der Waals surface area contributed by atoms with Gasteiger partial charge in [0.15, 0.2) is 17.4 Å². The SMILES string of the molecule is CC[C@H]1O[C@@H](n2cnc3c(OCc4ccccc4)nc(NC(c4ccccc4)(c4ccccc4)c4ccc(OC)cc4)nc32)[C@H](OC(F)(F)C(=O)OC)[C@@H]1N=[N+]=[N-]. The molecule has 0 radical (unpaired) electrons. The first-order valence-electron chi connectivity index (χ1n) is 18.0. The van der Waals surface area contributed by atoms with Crippen molar-refractivity contribution < 1.29 is 37.3 Å². The highest BCUT2D eigenvalue weighted by molar-refractivity contribution is 5.78. The van der Waals surface area contributed by atoms with E-state index in [1.165, 1.54) is 10.9 Å². The van der Waals surface area contributed by atoms with Crippen LogP contribution >= 0.6 is 0 Å². The van der Waals surface area contributed by atoms with Gasteiger partial charge in [-0.15, -0.1) is 0 Å². The average molecular weight is 777 g/mol. The zero-order valence-electron chi connectivity index (χ0n) is 31.1. The maximum atomic E-state index is 15.2. The molecule has 0 amide bonds. The van der Waals surface area contributed by atoms with Crippen molar-refractivity contribution in [2.75, 3.05) is 19.5 Å². The number of anilines is 1. The van der Waals surface area contributed by atoms with E-state index in [4.69, 9.17) is 28.9 Å². The summed E-state index contributed by atoms with van der Waals surface area (Å²) in [5.74, 6) is -1.13. The summed E-state index contributed by atoms with van der Waals surface area (Å²) in [4.78, 5) is 29.4. The van der Waals surface area contributed by atoms with E-state index in [-0.39, 0.29) is 36.0 Å². The van der Waals surface area contributed by atoms with Gasteiger partial charge in [-0.25, -0.2) is 9.78 Å². The van der Waals surface area contributed by atoms with Gasteiger partial charge < -0.3 is 29.0 Å². The largest absolute Gasteiger partial charge is 0.497 e. The molecular formula is C41H38F2N8O6. The minimum absolute atomic E-state index is 0.0730. The van der Waals surface area contributed by atoms with E-state index in [1.807, 2.05) is 115 Å². The number of aromatic nitrogens is 4. The molecule has 0 spiro atoms. The number of ether oxygens (including phenoxy) is 5. The highest BCUT2D eigenvalue weighted by atomic mass is 19.3. The summed E-state index contributed by atoms with van der Waals surface area (Å²) in [6, 6.07) is 35.2. The Labute approximate surface area is 326 Å². The van der Waals surface area contributed by atoms with Gasteiger partial charge in [-0.1, -0.05) is 115 Å². The standard InChI is InChI=1S/C41H38F2N8O6/c1-4-31-32(49-50-44)34(57-41(42,43)38(52)54-3)37(56-31)51-25-45-33-35(51)46-39(47-36(33)55-24-26-14-8-5-9-15-26)48-40(27-16-10-6-11-17-27,28-18-12-7-13-19-28)29-20-22-30(53-2)23-21-29/h5-23,25,31-32,34,37H,4,24H2,1-3H3,(H,46,47,48)/t31-,32-,34-,37-/m1/s1. The van der Waals surface area contributed by atoms with E-state index >= 15 is 8.78 Å². The van der Waals surface area contributed by atoms with Crippen LogP contribution in [0.4, 0.5) is 14.7 Å². The molecule has 292 valence electrons. The lowest BCUT2D eigenvalue weighted by atomic mass is 9.77. The number of nitrogens with one attached hydrogen (secondary N) is 1. The van der Waals surface area contributed by atoms with Gasteiger partial charge >= 0.3 is 12.1 Å². The Hall–Kier alpha value is -6.61. The molecular weight excluding hydrogens is 738 g/mol. The molecule has 1 fully saturated rings. The lowest BCUT2D eigenvalue weighted by Gasteiger charge is -2.37. The first-order chi connectivity index (χ1) is 27.7. The summed E-state index contributed by atoms with van der Waals surface area (Å²) < 4.78 is 59.2. The van der Waals surface area contributed by atoms with Crippen LogP contribution in [-0.4, -0.2) is 64.1 Å². The van der Waals surface area contributed by atoms with Crippen molar-refractivity contribution in [3.05, 3.63) is 154 Å². The van der Waals surface area contributed by atoms with Crippen LogP contribution in [0, 0.1) is 0 Å². The minimum Gasteiger partial charge on any atom is -0.497 e. The van der Waals surface area contributed by atoms with Crippen LogP contribution in [0.1, 0.15) is 41.8 Å². The van der Waals surface area contributed by atoms with E-state index in [1.54, 1.807) is 14.0 Å². The molecule has 16 heteroatoms. The molecule has 2 aromatic heterocycles. The minimum atomic E-state index is -4.42. The quantitative estimate of drug-likeness (QED) is 0.0355. The van der Waals surface area contributed by atoms with Gasteiger partial charge in [0.25, 0.3) is 0 Å². The normalized spacial score (nSPS) is 18.1. The smallest absolute Gasteiger partial charge is 0.456 e. The summed E-state index contributed by atoms with van der Waals surface area (Å²) in [5.41, 5.74) is 11.9. The Morgan fingerprint density at radius 3 is 2.11 bits per heavy atom. The van der Waals surface area contributed by atoms with Gasteiger partial charge in [-0.05, 0) is 46.3 Å². The van der Waals surface area contributed by atoms with Crippen LogP contribution in [0.3, 0.4) is 0 Å². The molecule has 1 aliphatic rings. The predicted molar refractivity (Wildman–Crippen MR) is 204 cm³/mol. The van der Waals surface area contributed by atoms with Crippen LogP contribution in [0.5, 0.6) is 11.6 Å². The number of methoxy groups -OCH3 is 2. The molecule has 0 bridgehead atoms. The molecule has 4 aromatic carbocycles. The van der Waals surface area contributed by atoms with Gasteiger partial charge in [-0.3, -0.25) is 4.57 Å². The van der Waals surface area contributed by atoms with Gasteiger partial charge in [0.1, 0.15) is 24.0 Å². The highest BCUT2D eigenvalue weighted by Gasteiger charge is 2.54. The molecule has 0 unspecified atom stereocenters. The lowest BCUT2D eigenvalue weighted by Crippen LogP contribution is -2.43. The van der Waals surface area contributed by atoms with Crippen molar-refractivity contribution in [3.63, 3.8) is 0 Å². The van der Waals surface area contributed by atoms with Crippen LogP contribution in [0.2, 0.25) is 0 Å². The van der Waals surface area contributed by atoms with Crippen LogP contribution in [0.25, 0.3) is 21.6 Å². The van der Waals surface area contributed by atoms with Crippen molar-refractivity contribution in [1.82, 2.24) is 19.5 Å². The van der Waals surface area contributed by atoms with Crippen LogP contribution < -0.4 is 14.8 Å². The van der Waals surface area contributed by atoms with Crippen molar-refractivity contribution in [1.29, 1.82) is 0 Å². The van der Waals surface area contributed by atoms with Gasteiger partial charge in [0, 0.05) is 4.91 Å². The Morgan fingerprint density at radius 1 is 0.912 bits per heavy atom. The molecule has 0 saturated carbocycles. The number of nitrogens with zero attached hydrogens (tertiary/aromatic N) is 7. The van der Waals surface area contributed by atoms with Gasteiger partial charge in [0.05, 0.1) is 32.7 Å². The first kappa shape index (κ1) is 38.7. The number of imidazole rings is 1. The maximum absolute atomic E-state index is 15.2. The fourth-order valence-corrected chi connectivity index (χ4v) is 7.01. The van der Waals surface area contributed by atoms with Crippen molar-refractivity contribution in [2.24, 2.45) is 5.11 Å². The second-order valence-electron chi connectivity index (χ2n) is 13.0. The maximum Gasteiger partial charge on any atom is 0.456 e. The number of hydrogen-bond acceptors (Lipinski definition) is 11. The Bertz CT molecular complexity index is 2310. The lowest BCUT2D eigenvalue weighted by molar-refractivity contribution is -0.274. The van der Waals surface area contributed by atoms with E-state index in [0.29, 0.717) is 5.75 Å². The average Bonchev–Trinajstić information content (AvgIpc) is 3.83. The Morgan fingerprint density at radius 2 is 1.53 bits per heavy atom. The highest BCUT2D eigenvalue weighted by Crippen LogP contribution is 2.43. The summed E-state index contributed by atoms with van der Waals surface area (Å²) in [7, 11) is 2.40. The molecule has 14 nitrogen and oxygen atoms in total. The van der Waals surface area contributed by atoms with Crippen molar-refractivity contribution in [2.45, 2.75) is 56.1 Å². The van der Waals surface area contributed by atoms with Gasteiger partial charge in [0.2, 0.25) is 11.8 Å². The van der Waals surface area contributed by atoms with Crippen molar-refractivity contribution >= 4 is 23.1 Å². The van der Waals surface area contributed by atoms with Crippen molar-refractivity contribution in [3.8, 4) is 11.6 Å². The second kappa shape index (κ2) is 16.6. The third-order valence-electron chi connectivity index (χ3n) is 9.73. The second-order valence-corrected chi connectivity index (χ2v) is 13.0. The number of rotatable bonds is 15. The molecule has 6 aromatic rings. The number of fused-ring (bicyclic) bond motifs is 1. The number of halogens is 2. The fourth-order valence-electron chi connectivity index (χ4n) is 7.01. The molecule has 1 saturated heterocycles. The molecule has 7 rings (SSSR count). The molecule has 3 heterocycles. The molecule has 57 heavy (non-hydrogen) atoms. The molecule has 1 N–H and O–H groups in total. The number of carbonyl (C=O) groups is 1. The van der Waals surface area contributed by atoms with E-state index < -0.39 is 42.1 Å². The fraction of sp³-hybridized carbons (Fsp3) is 0.268. The summed E-state index contributed by atoms with van der Waals surface area (Å²) >= 11 is 0. The summed E-state index contributed by atoms with van der Waals surface area (Å²) in [6.07, 6.45) is -6.82. The third kappa shape index (κ3) is 7.65. The Balaban J connectivity index is 1.43. The molecule has 1 aliphatic heterocycles. The van der Waals surface area contributed by atoms with Crippen LogP contribution in [0.15, 0.2) is 127 Å². The zero-order chi connectivity index (χ0) is 40.0. The Kier molecular flexibility index (Phi) is 11.3. The first-order valence-corrected chi connectivity index (χ1v) is 18.0. The number of hydrogen-bond donors (Lipinski definition) is 1. The number of carbonyl (C=O) groups excluding carboxylic acids is 1. The summed E-state index contributed by atoms with van der Waals surface area (Å²) in [5, 5.41) is 7.39. The van der Waals surface area contributed by atoms with Gasteiger partial charge in [-0.2, -0.15) is 18.7 Å².